The minimum atomic E-state index is -0.0198. The van der Waals surface area contributed by atoms with Gasteiger partial charge >= 0.3 is 0 Å². The van der Waals surface area contributed by atoms with Gasteiger partial charge in [0.05, 0.1) is 12.6 Å². The molecule has 0 aliphatic heterocycles. The van der Waals surface area contributed by atoms with E-state index in [-0.39, 0.29) is 12.6 Å². The lowest BCUT2D eigenvalue weighted by molar-refractivity contribution is 0.165. The van der Waals surface area contributed by atoms with Gasteiger partial charge in [0, 0.05) is 18.0 Å². The van der Waals surface area contributed by atoms with Crippen LogP contribution in [0.2, 0.25) is 5.02 Å². The fraction of sp³-hybridized carbons (Fsp3) is 0.429. The Balaban J connectivity index is 2.03. The zero-order valence-corrected chi connectivity index (χ0v) is 12.3. The van der Waals surface area contributed by atoms with Gasteiger partial charge in [-0.15, -0.1) is 0 Å². The van der Waals surface area contributed by atoms with Crippen LogP contribution in [0, 0.1) is 0 Å². The van der Waals surface area contributed by atoms with Gasteiger partial charge in [0.2, 0.25) is 5.89 Å². The molecule has 0 aliphatic rings. The van der Waals surface area contributed by atoms with Crippen LogP contribution in [0.25, 0.3) is 0 Å². The molecule has 1 aromatic heterocycles. The first kappa shape index (κ1) is 15.0. The number of rotatable bonds is 6. The first-order chi connectivity index (χ1) is 9.60. The van der Waals surface area contributed by atoms with Crippen molar-refractivity contribution in [1.29, 1.82) is 0 Å². The molecule has 0 amide bonds. The summed E-state index contributed by atoms with van der Waals surface area (Å²) < 4.78 is 5.28. The smallest absolute Gasteiger partial charge is 0.243 e. The number of benzene rings is 1. The van der Waals surface area contributed by atoms with Crippen molar-refractivity contribution in [2.24, 2.45) is 0 Å². The molecule has 2 rings (SSSR count). The lowest BCUT2D eigenvalue weighted by Gasteiger charge is -2.19. The van der Waals surface area contributed by atoms with Gasteiger partial charge in [-0.25, -0.2) is 0 Å². The molecule has 1 N–H and O–H groups in total. The molecule has 1 heterocycles. The van der Waals surface area contributed by atoms with Crippen molar-refractivity contribution in [1.82, 2.24) is 15.0 Å². The summed E-state index contributed by atoms with van der Waals surface area (Å²) in [5.74, 6) is 1.21. The zero-order chi connectivity index (χ0) is 14.5. The summed E-state index contributed by atoms with van der Waals surface area (Å²) in [4.78, 5) is 6.36. The van der Waals surface area contributed by atoms with Crippen molar-refractivity contribution in [2.75, 3.05) is 20.2 Å². The van der Waals surface area contributed by atoms with E-state index in [4.69, 9.17) is 21.2 Å². The minimum absolute atomic E-state index is 0.0198. The number of aromatic nitrogens is 2. The SMILES string of the molecule is CC(c1nc(Cc2ccc(Cl)cc2)no1)N(C)CCO. The van der Waals surface area contributed by atoms with Crippen LogP contribution in [0.4, 0.5) is 0 Å². The van der Waals surface area contributed by atoms with Crippen LogP contribution >= 0.6 is 11.6 Å². The second-order valence-electron chi connectivity index (χ2n) is 4.73. The highest BCUT2D eigenvalue weighted by molar-refractivity contribution is 6.30. The molecule has 1 atom stereocenters. The van der Waals surface area contributed by atoms with Crippen molar-refractivity contribution >= 4 is 11.6 Å². The topological polar surface area (TPSA) is 62.4 Å². The monoisotopic (exact) mass is 295 g/mol. The number of aliphatic hydroxyl groups is 1. The average Bonchev–Trinajstić information content (AvgIpc) is 2.89. The Labute approximate surface area is 123 Å². The van der Waals surface area contributed by atoms with E-state index in [1.165, 1.54) is 0 Å². The molecule has 0 radical (unpaired) electrons. The fourth-order valence-electron chi connectivity index (χ4n) is 1.83. The van der Waals surface area contributed by atoms with Crippen LogP contribution in [0.5, 0.6) is 0 Å². The second-order valence-corrected chi connectivity index (χ2v) is 5.17. The molecule has 2 aromatic rings. The molecule has 1 aromatic carbocycles. The zero-order valence-electron chi connectivity index (χ0n) is 11.6. The second kappa shape index (κ2) is 6.83. The van der Waals surface area contributed by atoms with Crippen molar-refractivity contribution in [3.63, 3.8) is 0 Å². The molecule has 5 nitrogen and oxygen atoms in total. The first-order valence-electron chi connectivity index (χ1n) is 6.48. The molecular formula is C14H18ClN3O2. The molecule has 0 fully saturated rings. The molecule has 0 aliphatic carbocycles. The summed E-state index contributed by atoms with van der Waals surface area (Å²) in [6, 6.07) is 7.55. The van der Waals surface area contributed by atoms with Crippen LogP contribution in [-0.2, 0) is 6.42 Å². The van der Waals surface area contributed by atoms with Crippen LogP contribution in [0.15, 0.2) is 28.8 Å². The van der Waals surface area contributed by atoms with Crippen molar-refractivity contribution in [3.8, 4) is 0 Å². The van der Waals surface area contributed by atoms with E-state index in [1.54, 1.807) is 0 Å². The molecule has 6 heteroatoms. The van der Waals surface area contributed by atoms with Crippen molar-refractivity contribution < 1.29 is 9.63 Å². The molecule has 0 saturated carbocycles. The fourth-order valence-corrected chi connectivity index (χ4v) is 1.96. The standard InChI is InChI=1S/C14H18ClN3O2/c1-10(18(2)7-8-19)14-16-13(17-20-14)9-11-3-5-12(15)6-4-11/h3-6,10,19H,7-9H2,1-2H3. The van der Waals surface area contributed by atoms with Gasteiger partial charge in [-0.1, -0.05) is 28.9 Å². The molecule has 0 spiro atoms. The number of hydrogen-bond donors (Lipinski definition) is 1. The first-order valence-corrected chi connectivity index (χ1v) is 6.86. The van der Waals surface area contributed by atoms with Gasteiger partial charge in [-0.3, -0.25) is 4.90 Å². The van der Waals surface area contributed by atoms with Gasteiger partial charge < -0.3 is 9.63 Å². The average molecular weight is 296 g/mol. The highest BCUT2D eigenvalue weighted by Gasteiger charge is 2.18. The van der Waals surface area contributed by atoms with Gasteiger partial charge in [0.25, 0.3) is 0 Å². The number of likely N-dealkylation sites (N-methyl/N-ethyl adjacent to an activating group) is 1. The lowest BCUT2D eigenvalue weighted by atomic mass is 10.1. The quantitative estimate of drug-likeness (QED) is 0.886. The summed E-state index contributed by atoms with van der Waals surface area (Å²) in [5, 5.41) is 13.6. The molecular weight excluding hydrogens is 278 g/mol. The molecule has 20 heavy (non-hydrogen) atoms. The van der Waals surface area contributed by atoms with Gasteiger partial charge in [-0.2, -0.15) is 4.98 Å². The maximum absolute atomic E-state index is 8.94. The Morgan fingerprint density at radius 3 is 2.70 bits per heavy atom. The van der Waals surface area contributed by atoms with Gasteiger partial charge in [0.15, 0.2) is 5.82 Å². The number of halogens is 1. The van der Waals surface area contributed by atoms with E-state index in [0.29, 0.717) is 29.7 Å². The van der Waals surface area contributed by atoms with E-state index < -0.39 is 0 Å². The Bertz CT molecular complexity index is 542. The van der Waals surface area contributed by atoms with E-state index in [0.717, 1.165) is 5.56 Å². The van der Waals surface area contributed by atoms with Crippen LogP contribution in [0.1, 0.15) is 30.2 Å². The normalized spacial score (nSPS) is 12.8. The summed E-state index contributed by atoms with van der Waals surface area (Å²) in [5.41, 5.74) is 1.08. The number of aliphatic hydroxyl groups excluding tert-OH is 1. The predicted octanol–water partition coefficient (Wildman–Crippen LogP) is 2.30. The maximum atomic E-state index is 8.94. The highest BCUT2D eigenvalue weighted by atomic mass is 35.5. The molecule has 1 unspecified atom stereocenters. The van der Waals surface area contributed by atoms with Crippen LogP contribution in [0.3, 0.4) is 0 Å². The summed E-state index contributed by atoms with van der Waals surface area (Å²) in [7, 11) is 1.91. The third-order valence-corrected chi connectivity index (χ3v) is 3.48. The van der Waals surface area contributed by atoms with E-state index in [2.05, 4.69) is 10.1 Å². The van der Waals surface area contributed by atoms with Gasteiger partial charge in [-0.05, 0) is 31.7 Å². The summed E-state index contributed by atoms with van der Waals surface area (Å²) in [6.07, 6.45) is 0.608. The summed E-state index contributed by atoms with van der Waals surface area (Å²) >= 11 is 5.85. The van der Waals surface area contributed by atoms with Crippen molar-refractivity contribution in [2.45, 2.75) is 19.4 Å². The Kier molecular flexibility index (Phi) is 5.11. The predicted molar refractivity (Wildman–Crippen MR) is 76.7 cm³/mol. The van der Waals surface area contributed by atoms with Crippen LogP contribution in [-0.4, -0.2) is 40.3 Å². The molecule has 0 bridgehead atoms. The van der Waals surface area contributed by atoms with Crippen LogP contribution < -0.4 is 0 Å². The Hall–Kier alpha value is -1.43. The van der Waals surface area contributed by atoms with Crippen molar-refractivity contribution in [3.05, 3.63) is 46.6 Å². The number of nitrogens with zero attached hydrogens (tertiary/aromatic N) is 3. The number of hydrogen-bond acceptors (Lipinski definition) is 5. The third kappa shape index (κ3) is 3.79. The largest absolute Gasteiger partial charge is 0.395 e. The van der Waals surface area contributed by atoms with E-state index >= 15 is 0 Å². The third-order valence-electron chi connectivity index (χ3n) is 3.23. The Morgan fingerprint density at radius 1 is 1.35 bits per heavy atom. The summed E-state index contributed by atoms with van der Waals surface area (Å²) in [6.45, 7) is 2.64. The lowest BCUT2D eigenvalue weighted by Crippen LogP contribution is -2.25. The van der Waals surface area contributed by atoms with Gasteiger partial charge in [0.1, 0.15) is 0 Å². The van der Waals surface area contributed by atoms with E-state index in [9.17, 15) is 0 Å². The molecule has 0 saturated heterocycles. The minimum Gasteiger partial charge on any atom is -0.395 e. The Morgan fingerprint density at radius 2 is 2.05 bits per heavy atom. The van der Waals surface area contributed by atoms with E-state index in [1.807, 2.05) is 43.1 Å². The maximum Gasteiger partial charge on any atom is 0.243 e. The highest BCUT2D eigenvalue weighted by Crippen LogP contribution is 2.18. The molecule has 108 valence electrons.